The number of ketones is 1. The highest BCUT2D eigenvalue weighted by Gasteiger charge is 2.39. The summed E-state index contributed by atoms with van der Waals surface area (Å²) in [5, 5.41) is 8.92. The average Bonchev–Trinajstić information content (AvgIpc) is 3.01. The second-order valence-electron chi connectivity index (χ2n) is 10.5. The second-order valence-corrected chi connectivity index (χ2v) is 15.3. The van der Waals surface area contributed by atoms with E-state index >= 15 is 0 Å². The van der Waals surface area contributed by atoms with E-state index in [-0.39, 0.29) is 23.5 Å². The van der Waals surface area contributed by atoms with Crippen LogP contribution in [0.1, 0.15) is 98.3 Å². The first-order valence-electron chi connectivity index (χ1n) is 12.2. The summed E-state index contributed by atoms with van der Waals surface area (Å²) in [6.45, 7) is 13.8. The Hall–Kier alpha value is -1.20. The van der Waals surface area contributed by atoms with E-state index in [0.717, 1.165) is 32.1 Å². The summed E-state index contributed by atoms with van der Waals surface area (Å²) in [7, 11) is -1.82. The largest absolute Gasteiger partial charge is 0.481 e. The summed E-state index contributed by atoms with van der Waals surface area (Å²) >= 11 is 0. The van der Waals surface area contributed by atoms with Crippen molar-refractivity contribution in [2.75, 3.05) is 0 Å². The van der Waals surface area contributed by atoms with Gasteiger partial charge in [-0.1, -0.05) is 70.8 Å². The lowest BCUT2D eigenvalue weighted by molar-refractivity contribution is -0.137. The van der Waals surface area contributed by atoms with Gasteiger partial charge in [0.15, 0.2) is 8.32 Å². The lowest BCUT2D eigenvalue weighted by Gasteiger charge is -2.39. The normalized spacial score (nSPS) is 18.6. The Morgan fingerprint density at radius 1 is 1.23 bits per heavy atom. The number of allylic oxidation sites excluding steroid dienone is 4. The van der Waals surface area contributed by atoms with Crippen LogP contribution in [0.5, 0.6) is 0 Å². The van der Waals surface area contributed by atoms with E-state index < -0.39 is 14.3 Å². The first-order chi connectivity index (χ1) is 14.5. The van der Waals surface area contributed by atoms with Crippen LogP contribution in [0.3, 0.4) is 0 Å². The summed E-state index contributed by atoms with van der Waals surface area (Å²) in [5.74, 6) is -0.434. The molecule has 5 heteroatoms. The van der Waals surface area contributed by atoms with Crippen LogP contribution in [0.25, 0.3) is 0 Å². The van der Waals surface area contributed by atoms with Gasteiger partial charge in [-0.05, 0) is 56.7 Å². The highest BCUT2D eigenvalue weighted by atomic mass is 28.4. The van der Waals surface area contributed by atoms with Crippen molar-refractivity contribution < 1.29 is 19.1 Å². The first-order valence-corrected chi connectivity index (χ1v) is 15.1. The lowest BCUT2D eigenvalue weighted by atomic mass is 9.91. The molecule has 178 valence electrons. The molecule has 0 saturated heterocycles. The maximum atomic E-state index is 12.4. The number of Topliss-reactive ketones (excluding diaryl/α,β-unsaturated/α-hetero) is 1. The number of rotatable bonds is 15. The Morgan fingerprint density at radius 3 is 2.55 bits per heavy atom. The zero-order chi connectivity index (χ0) is 23.5. The van der Waals surface area contributed by atoms with E-state index in [4.69, 9.17) is 9.53 Å². The van der Waals surface area contributed by atoms with Crippen LogP contribution in [0.2, 0.25) is 18.1 Å². The van der Waals surface area contributed by atoms with Gasteiger partial charge >= 0.3 is 5.97 Å². The second kappa shape index (κ2) is 13.4. The van der Waals surface area contributed by atoms with Gasteiger partial charge in [0, 0.05) is 24.9 Å². The van der Waals surface area contributed by atoms with E-state index in [9.17, 15) is 9.59 Å². The SMILES string of the molecule is CCCCC[C@H](CCC1=CCC(=O)[C@@H]1C/C=C\CCCC(=O)O)O[Si](C)(C)C(C)(C)C. The molecule has 0 spiro atoms. The molecule has 1 N–H and O–H groups in total. The zero-order valence-corrected chi connectivity index (χ0v) is 21.8. The number of hydrogen-bond donors (Lipinski definition) is 1. The van der Waals surface area contributed by atoms with Crippen molar-refractivity contribution in [3.63, 3.8) is 0 Å². The van der Waals surface area contributed by atoms with Gasteiger partial charge in [0.1, 0.15) is 5.78 Å². The van der Waals surface area contributed by atoms with Crippen molar-refractivity contribution in [1.29, 1.82) is 0 Å². The van der Waals surface area contributed by atoms with E-state index in [2.05, 4.69) is 52.9 Å². The fourth-order valence-corrected chi connectivity index (χ4v) is 5.23. The minimum absolute atomic E-state index is 0.000105. The topological polar surface area (TPSA) is 63.6 Å². The van der Waals surface area contributed by atoms with Gasteiger partial charge in [0.2, 0.25) is 0 Å². The van der Waals surface area contributed by atoms with Gasteiger partial charge in [-0.25, -0.2) is 0 Å². The average molecular weight is 451 g/mol. The van der Waals surface area contributed by atoms with Crippen LogP contribution in [0.4, 0.5) is 0 Å². The van der Waals surface area contributed by atoms with Crippen LogP contribution < -0.4 is 0 Å². The van der Waals surface area contributed by atoms with Crippen LogP contribution in [0.15, 0.2) is 23.8 Å². The molecule has 1 aliphatic rings. The molecular formula is C26H46O4Si. The molecule has 2 atom stereocenters. The van der Waals surface area contributed by atoms with Crippen molar-refractivity contribution >= 4 is 20.1 Å². The fourth-order valence-electron chi connectivity index (χ4n) is 3.81. The Morgan fingerprint density at radius 2 is 1.94 bits per heavy atom. The molecule has 31 heavy (non-hydrogen) atoms. The van der Waals surface area contributed by atoms with Gasteiger partial charge in [-0.2, -0.15) is 0 Å². The Kier molecular flexibility index (Phi) is 12.0. The number of carbonyl (C=O) groups excluding carboxylic acids is 1. The number of carboxylic acid groups (broad SMARTS) is 1. The van der Waals surface area contributed by atoms with Crippen LogP contribution in [-0.2, 0) is 14.0 Å². The van der Waals surface area contributed by atoms with Crippen LogP contribution >= 0.6 is 0 Å². The molecule has 0 aromatic carbocycles. The third-order valence-electron chi connectivity index (χ3n) is 6.85. The van der Waals surface area contributed by atoms with E-state index in [1.807, 2.05) is 6.08 Å². The van der Waals surface area contributed by atoms with Gasteiger partial charge < -0.3 is 9.53 Å². The molecule has 1 rings (SSSR count). The van der Waals surface area contributed by atoms with Crippen molar-refractivity contribution in [2.45, 2.75) is 123 Å². The monoisotopic (exact) mass is 450 g/mol. The number of unbranched alkanes of at least 4 members (excludes halogenated alkanes) is 3. The minimum atomic E-state index is -1.82. The minimum Gasteiger partial charge on any atom is -0.481 e. The quantitative estimate of drug-likeness (QED) is 0.160. The van der Waals surface area contributed by atoms with E-state index in [0.29, 0.717) is 18.6 Å². The fraction of sp³-hybridized carbons (Fsp3) is 0.769. The van der Waals surface area contributed by atoms with Gasteiger partial charge in [-0.15, -0.1) is 0 Å². The van der Waals surface area contributed by atoms with Crippen molar-refractivity contribution in [3.8, 4) is 0 Å². The summed E-state index contributed by atoms with van der Waals surface area (Å²) < 4.78 is 6.78. The molecule has 0 amide bonds. The Balaban J connectivity index is 2.64. The molecule has 0 bridgehead atoms. The number of carboxylic acids is 1. The first kappa shape index (κ1) is 27.8. The summed E-state index contributed by atoms with van der Waals surface area (Å²) in [6.07, 6.45) is 16.1. The van der Waals surface area contributed by atoms with Gasteiger partial charge in [0.25, 0.3) is 0 Å². The predicted octanol–water partition coefficient (Wildman–Crippen LogP) is 7.45. The smallest absolute Gasteiger partial charge is 0.303 e. The summed E-state index contributed by atoms with van der Waals surface area (Å²) in [6, 6.07) is 0. The van der Waals surface area contributed by atoms with Crippen molar-refractivity contribution in [3.05, 3.63) is 23.8 Å². The molecule has 0 saturated carbocycles. The highest BCUT2D eigenvalue weighted by Crippen LogP contribution is 2.39. The number of aliphatic carboxylic acids is 1. The van der Waals surface area contributed by atoms with E-state index in [1.54, 1.807) is 0 Å². The zero-order valence-electron chi connectivity index (χ0n) is 20.8. The van der Waals surface area contributed by atoms with Crippen LogP contribution in [-0.4, -0.2) is 31.3 Å². The predicted molar refractivity (Wildman–Crippen MR) is 132 cm³/mol. The van der Waals surface area contributed by atoms with Crippen LogP contribution in [0, 0.1) is 5.92 Å². The Labute approximate surface area is 191 Å². The molecule has 1 aliphatic carbocycles. The van der Waals surface area contributed by atoms with Gasteiger partial charge in [-0.3, -0.25) is 9.59 Å². The third kappa shape index (κ3) is 10.3. The molecule has 0 radical (unpaired) electrons. The molecule has 0 heterocycles. The van der Waals surface area contributed by atoms with E-state index in [1.165, 1.54) is 24.8 Å². The molecule has 4 nitrogen and oxygen atoms in total. The molecule has 0 unspecified atom stereocenters. The maximum absolute atomic E-state index is 12.4. The standard InChI is InChI=1S/C26H46O4Si/c1-7-8-11-14-22(30-31(5,6)26(2,3)4)19-17-21-18-20-24(27)23(21)15-12-9-10-13-16-25(28)29/h9,12,18,22-23H,7-8,10-11,13-17,19-20H2,1-6H3,(H,28,29)/b12-9-/t22-,23-/m1/s1. The summed E-state index contributed by atoms with van der Waals surface area (Å²) in [4.78, 5) is 23.0. The molecule has 0 aromatic rings. The summed E-state index contributed by atoms with van der Waals surface area (Å²) in [5.41, 5.74) is 1.28. The number of hydrogen-bond acceptors (Lipinski definition) is 3. The Bertz CT molecular complexity index is 628. The third-order valence-corrected chi connectivity index (χ3v) is 11.4. The molecule has 0 aromatic heterocycles. The number of carbonyl (C=O) groups is 2. The van der Waals surface area contributed by atoms with Crippen molar-refractivity contribution in [2.24, 2.45) is 5.92 Å². The lowest BCUT2D eigenvalue weighted by Crippen LogP contribution is -2.44. The van der Waals surface area contributed by atoms with Gasteiger partial charge in [0.05, 0.1) is 0 Å². The highest BCUT2D eigenvalue weighted by molar-refractivity contribution is 6.74. The molecule has 0 aliphatic heterocycles. The maximum Gasteiger partial charge on any atom is 0.303 e. The molecular weight excluding hydrogens is 404 g/mol. The van der Waals surface area contributed by atoms with Crippen molar-refractivity contribution in [1.82, 2.24) is 0 Å². The molecule has 0 fully saturated rings.